The van der Waals surface area contributed by atoms with Crippen molar-refractivity contribution in [2.24, 2.45) is 5.73 Å². The van der Waals surface area contributed by atoms with Crippen LogP contribution in [0.3, 0.4) is 0 Å². The monoisotopic (exact) mass is 356 g/mol. The van der Waals surface area contributed by atoms with Gasteiger partial charge in [-0.05, 0) is 25.0 Å². The third kappa shape index (κ3) is 3.59. The predicted molar refractivity (Wildman–Crippen MR) is 73.9 cm³/mol. The molecule has 1 aromatic carbocycles. The van der Waals surface area contributed by atoms with Crippen molar-refractivity contribution in [3.63, 3.8) is 0 Å². The van der Waals surface area contributed by atoms with Crippen molar-refractivity contribution in [2.45, 2.75) is 36.0 Å². The van der Waals surface area contributed by atoms with Crippen LogP contribution < -0.4 is 10.5 Å². The fourth-order valence-electron chi connectivity index (χ4n) is 2.49. The van der Waals surface area contributed by atoms with Crippen molar-refractivity contribution in [1.29, 1.82) is 0 Å². The minimum atomic E-state index is -4.71. The summed E-state index contributed by atoms with van der Waals surface area (Å²) in [7, 11) is -3.36. The maximum absolute atomic E-state index is 13.4. The lowest BCUT2D eigenvalue weighted by atomic mass is 10.0. The van der Waals surface area contributed by atoms with E-state index in [1.165, 1.54) is 0 Å². The van der Waals surface area contributed by atoms with Crippen LogP contribution in [0.2, 0.25) is 0 Å². The van der Waals surface area contributed by atoms with Crippen molar-refractivity contribution >= 4 is 10.0 Å². The molecule has 1 aliphatic rings. The van der Waals surface area contributed by atoms with E-state index in [2.05, 4.69) is 4.74 Å². The largest absolute Gasteiger partial charge is 0.494 e. The van der Waals surface area contributed by atoms with Crippen LogP contribution in [-0.4, -0.2) is 44.6 Å². The van der Waals surface area contributed by atoms with Crippen molar-refractivity contribution in [1.82, 2.24) is 4.31 Å². The van der Waals surface area contributed by atoms with E-state index in [0.717, 1.165) is 25.3 Å². The van der Waals surface area contributed by atoms with Crippen LogP contribution in [0.5, 0.6) is 5.75 Å². The number of piperidine rings is 1. The predicted octanol–water partition coefficient (Wildman–Crippen LogP) is 1.88. The molecule has 23 heavy (non-hydrogen) atoms. The van der Waals surface area contributed by atoms with E-state index in [1.807, 2.05) is 0 Å². The van der Waals surface area contributed by atoms with Gasteiger partial charge in [-0.15, -0.1) is 0 Å². The van der Waals surface area contributed by atoms with Crippen LogP contribution >= 0.6 is 0 Å². The number of rotatable bonds is 3. The van der Waals surface area contributed by atoms with E-state index in [1.54, 1.807) is 0 Å². The molecule has 2 atom stereocenters. The lowest BCUT2D eigenvalue weighted by Crippen LogP contribution is -2.56. The summed E-state index contributed by atoms with van der Waals surface area (Å²) in [5.41, 5.74) is 5.63. The normalized spacial score (nSPS) is 23.7. The van der Waals surface area contributed by atoms with Gasteiger partial charge in [-0.1, -0.05) is 0 Å². The van der Waals surface area contributed by atoms with Gasteiger partial charge in [0.1, 0.15) is 6.04 Å². The summed E-state index contributed by atoms with van der Waals surface area (Å²) < 4.78 is 83.0. The first kappa shape index (κ1) is 18.0. The fourth-order valence-corrected chi connectivity index (χ4v) is 4.21. The van der Waals surface area contributed by atoms with Crippen molar-refractivity contribution in [3.8, 4) is 5.75 Å². The number of hydrogen-bond donors (Lipinski definition) is 1. The second-order valence-electron chi connectivity index (χ2n) is 5.27. The third-order valence-corrected chi connectivity index (χ3v) is 5.55. The molecule has 1 saturated heterocycles. The number of benzene rings is 1. The van der Waals surface area contributed by atoms with Gasteiger partial charge in [0.05, 0.1) is 12.0 Å². The molecule has 130 valence electrons. The molecule has 10 heteroatoms. The van der Waals surface area contributed by atoms with E-state index < -0.39 is 52.0 Å². The van der Waals surface area contributed by atoms with Gasteiger partial charge in [-0.25, -0.2) is 12.8 Å². The second kappa shape index (κ2) is 6.25. The van der Waals surface area contributed by atoms with Gasteiger partial charge < -0.3 is 10.5 Å². The Bertz CT molecular complexity index is 678. The smallest absolute Gasteiger partial charge is 0.405 e. The van der Waals surface area contributed by atoms with Gasteiger partial charge in [0.25, 0.3) is 0 Å². The SMILES string of the molecule is COc1cc(S(=O)(=O)N2CC(N)CCC2C(F)(F)F)ccc1F. The van der Waals surface area contributed by atoms with Crippen molar-refractivity contribution in [3.05, 3.63) is 24.0 Å². The van der Waals surface area contributed by atoms with Gasteiger partial charge in [0, 0.05) is 18.7 Å². The lowest BCUT2D eigenvalue weighted by Gasteiger charge is -2.38. The fraction of sp³-hybridized carbons (Fsp3) is 0.538. The highest BCUT2D eigenvalue weighted by Gasteiger charge is 2.50. The molecule has 2 N–H and O–H groups in total. The van der Waals surface area contributed by atoms with Gasteiger partial charge >= 0.3 is 6.18 Å². The Labute approximate surface area is 131 Å². The van der Waals surface area contributed by atoms with Crippen molar-refractivity contribution in [2.75, 3.05) is 13.7 Å². The maximum atomic E-state index is 13.4. The van der Waals surface area contributed by atoms with Gasteiger partial charge in [-0.2, -0.15) is 17.5 Å². The molecule has 0 spiro atoms. The molecule has 0 saturated carbocycles. The summed E-state index contributed by atoms with van der Waals surface area (Å²) in [6, 6.07) is -0.244. The zero-order valence-corrected chi connectivity index (χ0v) is 13.0. The Morgan fingerprint density at radius 3 is 2.52 bits per heavy atom. The number of ether oxygens (including phenoxy) is 1. The van der Waals surface area contributed by atoms with Gasteiger partial charge in [0.2, 0.25) is 10.0 Å². The van der Waals surface area contributed by atoms with Crippen LogP contribution in [0.1, 0.15) is 12.8 Å². The summed E-state index contributed by atoms with van der Waals surface area (Å²) in [4.78, 5) is -0.473. The molecular weight excluding hydrogens is 340 g/mol. The minimum absolute atomic E-state index is 0.0724. The second-order valence-corrected chi connectivity index (χ2v) is 7.16. The summed E-state index contributed by atoms with van der Waals surface area (Å²) in [6.07, 6.45) is -5.05. The average Bonchev–Trinajstić information content (AvgIpc) is 2.46. The number of nitrogens with zero attached hydrogens (tertiary/aromatic N) is 1. The highest BCUT2D eigenvalue weighted by molar-refractivity contribution is 7.89. The molecule has 2 unspecified atom stereocenters. The molecule has 1 aromatic rings. The van der Waals surface area contributed by atoms with E-state index in [9.17, 15) is 26.0 Å². The van der Waals surface area contributed by atoms with Crippen LogP contribution in [0.15, 0.2) is 23.1 Å². The number of sulfonamides is 1. The molecule has 1 fully saturated rings. The number of halogens is 4. The summed E-state index contributed by atoms with van der Waals surface area (Å²) >= 11 is 0. The standard InChI is InChI=1S/C13H16F4N2O3S/c1-22-11-6-9(3-4-10(11)14)23(20,21)19-7-8(18)2-5-12(19)13(15,16)17/h3-4,6,8,12H,2,5,7,18H2,1H3. The topological polar surface area (TPSA) is 72.6 Å². The Hall–Kier alpha value is -1.39. The minimum Gasteiger partial charge on any atom is -0.494 e. The van der Waals surface area contributed by atoms with Crippen LogP contribution in [0.25, 0.3) is 0 Å². The molecule has 1 aliphatic heterocycles. The highest BCUT2D eigenvalue weighted by Crippen LogP contribution is 2.36. The van der Waals surface area contributed by atoms with E-state index >= 15 is 0 Å². The number of methoxy groups -OCH3 is 1. The molecule has 2 rings (SSSR count). The Morgan fingerprint density at radius 2 is 1.96 bits per heavy atom. The molecule has 0 aliphatic carbocycles. The van der Waals surface area contributed by atoms with Crippen LogP contribution in [0.4, 0.5) is 17.6 Å². The van der Waals surface area contributed by atoms with E-state index in [4.69, 9.17) is 5.73 Å². The zero-order chi connectivity index (χ0) is 17.4. The first-order valence-electron chi connectivity index (χ1n) is 6.75. The summed E-state index contributed by atoms with van der Waals surface area (Å²) in [5.74, 6) is -1.18. The highest BCUT2D eigenvalue weighted by atomic mass is 32.2. The van der Waals surface area contributed by atoms with Crippen LogP contribution in [-0.2, 0) is 10.0 Å². The summed E-state index contributed by atoms with van der Waals surface area (Å²) in [6.45, 7) is -0.452. The maximum Gasteiger partial charge on any atom is 0.405 e. The molecule has 1 heterocycles. The first-order valence-corrected chi connectivity index (χ1v) is 8.19. The number of nitrogens with two attached hydrogens (primary N) is 1. The van der Waals surface area contributed by atoms with E-state index in [0.29, 0.717) is 4.31 Å². The number of alkyl halides is 3. The number of hydrogen-bond acceptors (Lipinski definition) is 4. The molecule has 5 nitrogen and oxygen atoms in total. The van der Waals surface area contributed by atoms with Gasteiger partial charge in [0.15, 0.2) is 11.6 Å². The third-order valence-electron chi connectivity index (χ3n) is 3.68. The Morgan fingerprint density at radius 1 is 1.30 bits per heavy atom. The lowest BCUT2D eigenvalue weighted by molar-refractivity contribution is -0.178. The average molecular weight is 356 g/mol. The molecule has 0 amide bonds. The Kier molecular flexibility index (Phi) is 4.88. The quantitative estimate of drug-likeness (QED) is 0.840. The zero-order valence-electron chi connectivity index (χ0n) is 12.2. The molecule has 0 bridgehead atoms. The summed E-state index contributed by atoms with van der Waals surface area (Å²) in [5, 5.41) is 0. The first-order chi connectivity index (χ1) is 10.6. The van der Waals surface area contributed by atoms with Crippen LogP contribution in [0, 0.1) is 5.82 Å². The molecular formula is C13H16F4N2O3S. The molecule has 0 radical (unpaired) electrons. The molecule has 0 aromatic heterocycles. The van der Waals surface area contributed by atoms with E-state index in [-0.39, 0.29) is 12.2 Å². The van der Waals surface area contributed by atoms with Crippen molar-refractivity contribution < 1.29 is 30.7 Å². The Balaban J connectivity index is 2.47. The van der Waals surface area contributed by atoms with Gasteiger partial charge in [-0.3, -0.25) is 0 Å².